The third-order valence-corrected chi connectivity index (χ3v) is 6.50. The van der Waals surface area contributed by atoms with Crippen molar-refractivity contribution in [3.63, 3.8) is 0 Å². The minimum Gasteiger partial charge on any atom is -0.444 e. The normalized spacial score (nSPS) is 21.1. The monoisotopic (exact) mass is 478 g/mol. The molecule has 1 heterocycles. The number of ether oxygens (including phenoxy) is 1. The molecule has 2 amide bonds. The molecule has 1 aliphatic heterocycles. The van der Waals surface area contributed by atoms with E-state index in [2.05, 4.69) is 22.6 Å². The van der Waals surface area contributed by atoms with E-state index in [4.69, 9.17) is 4.74 Å². The van der Waals surface area contributed by atoms with Crippen LogP contribution < -0.4 is 0 Å². The smallest absolute Gasteiger partial charge is 0.411 e. The van der Waals surface area contributed by atoms with Crippen LogP contribution in [0.5, 0.6) is 0 Å². The third kappa shape index (κ3) is 4.43. The van der Waals surface area contributed by atoms with Gasteiger partial charge in [0.2, 0.25) is 5.91 Å². The van der Waals surface area contributed by atoms with Gasteiger partial charge >= 0.3 is 6.09 Å². The highest BCUT2D eigenvalue weighted by atomic mass is 127. The number of rotatable bonds is 4. The summed E-state index contributed by atoms with van der Waals surface area (Å²) in [5.41, 5.74) is 1.98. The molecule has 1 aliphatic rings. The predicted molar refractivity (Wildman–Crippen MR) is 112 cm³/mol. The van der Waals surface area contributed by atoms with E-state index in [-0.39, 0.29) is 35.2 Å². The van der Waals surface area contributed by atoms with Crippen LogP contribution in [0.1, 0.15) is 31.0 Å². The van der Waals surface area contributed by atoms with Gasteiger partial charge in [-0.15, -0.1) is 0 Å². The molecule has 142 valence electrons. The topological polar surface area (TPSA) is 49.9 Å². The molecule has 0 aliphatic carbocycles. The second kappa shape index (κ2) is 8.73. The number of halogens is 1. The first-order chi connectivity index (χ1) is 13.0. The summed E-state index contributed by atoms with van der Waals surface area (Å²) < 4.78 is 5.19. The summed E-state index contributed by atoms with van der Waals surface area (Å²) in [6, 6.07) is 19.1. The van der Waals surface area contributed by atoms with E-state index in [1.165, 1.54) is 0 Å². The van der Waals surface area contributed by atoms with Crippen molar-refractivity contribution in [2.24, 2.45) is 0 Å². The molecule has 0 unspecified atom stereocenters. The Kier molecular flexibility index (Phi) is 6.36. The van der Waals surface area contributed by atoms with Crippen molar-refractivity contribution in [2.75, 3.05) is 6.67 Å². The van der Waals surface area contributed by atoms with Crippen LogP contribution in [0.25, 0.3) is 0 Å². The van der Waals surface area contributed by atoms with Crippen molar-refractivity contribution in [1.29, 1.82) is 0 Å². The van der Waals surface area contributed by atoms with Gasteiger partial charge in [-0.3, -0.25) is 9.69 Å². The Morgan fingerprint density at radius 2 is 1.74 bits per heavy atom. The van der Waals surface area contributed by atoms with E-state index in [1.807, 2.05) is 74.5 Å². The number of alkyl halides is 1. The number of nitrogens with zero attached hydrogens (tertiary/aromatic N) is 2. The maximum absolute atomic E-state index is 12.8. The van der Waals surface area contributed by atoms with Gasteiger partial charge in [-0.25, -0.2) is 4.79 Å². The van der Waals surface area contributed by atoms with Gasteiger partial charge in [0.1, 0.15) is 10.5 Å². The molecule has 3 rings (SSSR count). The first-order valence-corrected chi connectivity index (χ1v) is 10.2. The second-order valence-corrected chi connectivity index (χ2v) is 8.03. The molecule has 3 atom stereocenters. The van der Waals surface area contributed by atoms with Gasteiger partial charge < -0.3 is 9.64 Å². The summed E-state index contributed by atoms with van der Waals surface area (Å²) in [5, 5.41) is 0. The Bertz CT molecular complexity index is 785. The molecule has 1 fully saturated rings. The average molecular weight is 478 g/mol. The Morgan fingerprint density at radius 3 is 2.37 bits per heavy atom. The fourth-order valence-electron chi connectivity index (χ4n) is 3.14. The van der Waals surface area contributed by atoms with E-state index in [9.17, 15) is 9.59 Å². The first kappa shape index (κ1) is 19.7. The van der Waals surface area contributed by atoms with Crippen LogP contribution in [0.15, 0.2) is 60.7 Å². The number of benzene rings is 2. The van der Waals surface area contributed by atoms with Gasteiger partial charge in [0, 0.05) is 0 Å². The molecule has 2 aromatic carbocycles. The largest absolute Gasteiger partial charge is 0.444 e. The molecule has 27 heavy (non-hydrogen) atoms. The zero-order valence-corrected chi connectivity index (χ0v) is 17.6. The zero-order chi connectivity index (χ0) is 19.4. The number of amides is 2. The van der Waals surface area contributed by atoms with E-state index in [0.717, 1.165) is 11.1 Å². The molecule has 0 spiro atoms. The highest BCUT2D eigenvalue weighted by Gasteiger charge is 2.42. The molecule has 0 aromatic heterocycles. The standard InChI is InChI=1S/C21H23IN2O3/c1-15(18-11-7-4-8-12-18)23-14-24(16(2)19(22)20(23)25)21(26)27-13-17-9-5-3-6-10-17/h3-12,15-16,19H,13-14H2,1-2H3/t15-,16-,19+/m0/s1. The van der Waals surface area contributed by atoms with E-state index < -0.39 is 6.09 Å². The SMILES string of the molecule is C[C@@H](c1ccccc1)N1CN(C(=O)OCc2ccccc2)[C@@H](C)[C@@H](I)C1=O. The van der Waals surface area contributed by atoms with Gasteiger partial charge in [0.15, 0.2) is 0 Å². The molecular formula is C21H23IN2O3. The summed E-state index contributed by atoms with van der Waals surface area (Å²) in [5.74, 6) is 0.0477. The molecule has 1 saturated heterocycles. The Labute approximate surface area is 173 Å². The van der Waals surface area contributed by atoms with Crippen LogP contribution in [0.3, 0.4) is 0 Å². The lowest BCUT2D eigenvalue weighted by Crippen LogP contribution is -2.60. The minimum atomic E-state index is -0.397. The quantitative estimate of drug-likeness (QED) is 0.484. The lowest BCUT2D eigenvalue weighted by Gasteiger charge is -2.44. The van der Waals surface area contributed by atoms with Crippen LogP contribution in [-0.4, -0.2) is 38.4 Å². The van der Waals surface area contributed by atoms with Crippen molar-refractivity contribution >= 4 is 34.6 Å². The van der Waals surface area contributed by atoms with Gasteiger partial charge in [0.05, 0.1) is 18.8 Å². The van der Waals surface area contributed by atoms with Gasteiger partial charge in [0.25, 0.3) is 0 Å². The van der Waals surface area contributed by atoms with Crippen LogP contribution >= 0.6 is 22.6 Å². The van der Waals surface area contributed by atoms with Crippen LogP contribution in [0, 0.1) is 0 Å². The molecule has 2 aromatic rings. The molecule has 0 N–H and O–H groups in total. The Morgan fingerprint density at radius 1 is 1.15 bits per heavy atom. The van der Waals surface area contributed by atoms with Crippen molar-refractivity contribution in [2.45, 2.75) is 36.5 Å². The fourth-order valence-corrected chi connectivity index (χ4v) is 3.88. The predicted octanol–water partition coefficient (Wildman–Crippen LogP) is 4.38. The van der Waals surface area contributed by atoms with E-state index >= 15 is 0 Å². The van der Waals surface area contributed by atoms with Gasteiger partial charge in [-0.05, 0) is 25.0 Å². The number of carbonyl (C=O) groups excluding carboxylic acids is 2. The Balaban J connectivity index is 1.72. The zero-order valence-electron chi connectivity index (χ0n) is 15.4. The van der Waals surface area contributed by atoms with Gasteiger partial charge in [-0.2, -0.15) is 0 Å². The van der Waals surface area contributed by atoms with Crippen LogP contribution in [0.2, 0.25) is 0 Å². The van der Waals surface area contributed by atoms with E-state index in [1.54, 1.807) is 9.80 Å². The Hall–Kier alpha value is -2.09. The van der Waals surface area contributed by atoms with Crippen molar-refractivity contribution in [1.82, 2.24) is 9.80 Å². The van der Waals surface area contributed by atoms with Crippen molar-refractivity contribution in [3.8, 4) is 0 Å². The number of carbonyl (C=O) groups is 2. The highest BCUT2D eigenvalue weighted by Crippen LogP contribution is 2.30. The summed E-state index contributed by atoms with van der Waals surface area (Å²) in [6.45, 7) is 4.32. The van der Waals surface area contributed by atoms with Gasteiger partial charge in [-0.1, -0.05) is 83.3 Å². The molecule has 5 nitrogen and oxygen atoms in total. The second-order valence-electron chi connectivity index (χ2n) is 6.69. The molecule has 0 bridgehead atoms. The third-order valence-electron chi connectivity index (χ3n) is 4.93. The van der Waals surface area contributed by atoms with E-state index in [0.29, 0.717) is 0 Å². The van der Waals surface area contributed by atoms with Crippen molar-refractivity contribution < 1.29 is 14.3 Å². The lowest BCUT2D eigenvalue weighted by atomic mass is 10.0. The minimum absolute atomic E-state index is 0.0477. The lowest BCUT2D eigenvalue weighted by molar-refractivity contribution is -0.140. The van der Waals surface area contributed by atoms with Crippen LogP contribution in [0.4, 0.5) is 4.79 Å². The molecule has 0 saturated carbocycles. The van der Waals surface area contributed by atoms with Crippen LogP contribution in [-0.2, 0) is 16.1 Å². The highest BCUT2D eigenvalue weighted by molar-refractivity contribution is 14.1. The summed E-state index contributed by atoms with van der Waals surface area (Å²) in [7, 11) is 0. The number of hydrogen-bond acceptors (Lipinski definition) is 3. The molecule has 6 heteroatoms. The fraction of sp³-hybridized carbons (Fsp3) is 0.333. The summed E-state index contributed by atoms with van der Waals surface area (Å²) >= 11 is 2.12. The first-order valence-electron chi connectivity index (χ1n) is 8.96. The number of hydrogen-bond donors (Lipinski definition) is 0. The summed E-state index contributed by atoms with van der Waals surface area (Å²) in [4.78, 5) is 28.9. The average Bonchev–Trinajstić information content (AvgIpc) is 2.71. The molecule has 0 radical (unpaired) electrons. The van der Waals surface area contributed by atoms with Crippen molar-refractivity contribution in [3.05, 3.63) is 71.8 Å². The molecular weight excluding hydrogens is 455 g/mol. The maximum atomic E-state index is 12.8. The summed E-state index contributed by atoms with van der Waals surface area (Å²) in [6.07, 6.45) is -0.397. The maximum Gasteiger partial charge on any atom is 0.411 e.